The van der Waals surface area contributed by atoms with Crippen LogP contribution in [0.25, 0.3) is 11.6 Å². The van der Waals surface area contributed by atoms with E-state index in [0.717, 1.165) is 6.26 Å². The summed E-state index contributed by atoms with van der Waals surface area (Å²) in [5.41, 5.74) is 0.633. The molecule has 204 valence electrons. The number of nitrogens with one attached hydrogen (secondary N) is 2. The van der Waals surface area contributed by atoms with Crippen LogP contribution in [0.15, 0.2) is 44.7 Å². The van der Waals surface area contributed by atoms with Gasteiger partial charge in [0, 0.05) is 10.9 Å². The van der Waals surface area contributed by atoms with Crippen molar-refractivity contribution in [3.63, 3.8) is 0 Å². The van der Waals surface area contributed by atoms with Crippen LogP contribution in [0, 0.1) is 18.7 Å². The zero-order valence-electron chi connectivity index (χ0n) is 21.8. The predicted octanol–water partition coefficient (Wildman–Crippen LogP) is 4.64. The van der Waals surface area contributed by atoms with Gasteiger partial charge in [-0.25, -0.2) is 24.1 Å². The lowest BCUT2D eigenvalue weighted by molar-refractivity contribution is 0.0593. The summed E-state index contributed by atoms with van der Waals surface area (Å²) in [4.78, 5) is 50.1. The number of hydrogen-bond acceptors (Lipinski definition) is 10. The molecule has 39 heavy (non-hydrogen) atoms. The second-order valence-electron chi connectivity index (χ2n) is 8.96. The molecule has 3 aromatic heterocycles. The molecule has 2 amide bonds. The number of benzene rings is 1. The Morgan fingerprint density at radius 3 is 2.54 bits per heavy atom. The molecule has 0 bridgehead atoms. The predicted molar refractivity (Wildman–Crippen MR) is 138 cm³/mol. The molecule has 2 N–H and O–H groups in total. The third-order valence-corrected chi connectivity index (χ3v) is 6.62. The second kappa shape index (κ2) is 11.6. The largest absolute Gasteiger partial charge is 0.464 e. The number of carbonyl (C=O) groups is 3. The molecule has 13 heteroatoms. The fraction of sp³-hybridized carbons (Fsp3) is 0.308. The Bertz CT molecular complexity index is 1510. The van der Waals surface area contributed by atoms with Gasteiger partial charge in [-0.3, -0.25) is 9.59 Å². The van der Waals surface area contributed by atoms with Crippen molar-refractivity contribution in [2.45, 2.75) is 39.8 Å². The molecule has 0 unspecified atom stereocenters. The minimum atomic E-state index is -0.671. The van der Waals surface area contributed by atoms with Crippen molar-refractivity contribution in [3.05, 3.63) is 75.3 Å². The number of aromatic nitrogens is 3. The molecule has 0 saturated heterocycles. The number of aryl methyl sites for hydroxylation is 1. The maximum absolute atomic E-state index is 13.6. The quantitative estimate of drug-likeness (QED) is 0.282. The molecule has 1 aromatic carbocycles. The van der Waals surface area contributed by atoms with Crippen LogP contribution in [0.2, 0.25) is 0 Å². The standard InChI is InChI=1S/C26H26FN5O6S/c1-12(2)19(31-21(33)15-7-6-8-16(27)9-15)25-30-18(11-39-25)24-32-20(14(4)38-24)22(34)28-13(3)23-29-17(10-37-23)26(35)36-5/h6-13,19H,1-5H3,(H,28,34)(H,31,33)/t13-,19-/m0/s1. The Balaban J connectivity index is 1.48. The molecule has 2 atom stereocenters. The first-order valence-corrected chi connectivity index (χ1v) is 12.8. The normalized spacial score (nSPS) is 12.7. The number of halogens is 1. The minimum Gasteiger partial charge on any atom is -0.464 e. The van der Waals surface area contributed by atoms with Crippen LogP contribution in [0.5, 0.6) is 0 Å². The average Bonchev–Trinajstić information content (AvgIpc) is 3.66. The first-order valence-electron chi connectivity index (χ1n) is 11.9. The van der Waals surface area contributed by atoms with Crippen LogP contribution in [0.1, 0.15) is 80.8 Å². The number of esters is 1. The van der Waals surface area contributed by atoms with Crippen LogP contribution in [0.3, 0.4) is 0 Å². The Labute approximate surface area is 226 Å². The highest BCUT2D eigenvalue weighted by Crippen LogP contribution is 2.30. The first-order chi connectivity index (χ1) is 18.6. The van der Waals surface area contributed by atoms with Gasteiger partial charge >= 0.3 is 5.97 Å². The third kappa shape index (κ3) is 6.20. The number of amides is 2. The number of carbonyl (C=O) groups excluding carboxylic acids is 3. The number of nitrogens with zero attached hydrogens (tertiary/aromatic N) is 3. The zero-order chi connectivity index (χ0) is 28.3. The summed E-state index contributed by atoms with van der Waals surface area (Å²) in [6.45, 7) is 7.09. The summed E-state index contributed by atoms with van der Waals surface area (Å²) in [6.07, 6.45) is 1.15. The van der Waals surface area contributed by atoms with Crippen molar-refractivity contribution in [1.29, 1.82) is 0 Å². The summed E-state index contributed by atoms with van der Waals surface area (Å²) >= 11 is 1.30. The van der Waals surface area contributed by atoms with Gasteiger partial charge in [0.1, 0.15) is 34.6 Å². The molecule has 0 aliphatic heterocycles. The van der Waals surface area contributed by atoms with Crippen molar-refractivity contribution in [3.8, 4) is 11.6 Å². The average molecular weight is 556 g/mol. The molecule has 0 aliphatic rings. The van der Waals surface area contributed by atoms with Gasteiger partial charge in [-0.15, -0.1) is 11.3 Å². The van der Waals surface area contributed by atoms with E-state index in [1.165, 1.54) is 42.7 Å². The van der Waals surface area contributed by atoms with E-state index < -0.39 is 35.7 Å². The van der Waals surface area contributed by atoms with E-state index in [9.17, 15) is 18.8 Å². The highest BCUT2D eigenvalue weighted by Gasteiger charge is 2.26. The van der Waals surface area contributed by atoms with Crippen molar-refractivity contribution >= 4 is 29.1 Å². The Kier molecular flexibility index (Phi) is 8.19. The van der Waals surface area contributed by atoms with Gasteiger partial charge in [-0.05, 0) is 38.0 Å². The van der Waals surface area contributed by atoms with E-state index in [2.05, 4.69) is 30.3 Å². The van der Waals surface area contributed by atoms with Crippen LogP contribution >= 0.6 is 11.3 Å². The van der Waals surface area contributed by atoms with Crippen LogP contribution < -0.4 is 10.6 Å². The molecule has 0 radical (unpaired) electrons. The van der Waals surface area contributed by atoms with Gasteiger partial charge in [0.25, 0.3) is 11.8 Å². The Morgan fingerprint density at radius 1 is 1.08 bits per heavy atom. The maximum Gasteiger partial charge on any atom is 0.360 e. The Hall–Kier alpha value is -4.39. The molecule has 0 aliphatic carbocycles. The van der Waals surface area contributed by atoms with E-state index in [1.54, 1.807) is 19.2 Å². The van der Waals surface area contributed by atoms with Gasteiger partial charge in [0.15, 0.2) is 11.4 Å². The van der Waals surface area contributed by atoms with Crippen LogP contribution in [0.4, 0.5) is 4.39 Å². The van der Waals surface area contributed by atoms with E-state index in [4.69, 9.17) is 8.83 Å². The monoisotopic (exact) mass is 555 g/mol. The van der Waals surface area contributed by atoms with Crippen LogP contribution in [-0.2, 0) is 4.74 Å². The van der Waals surface area contributed by atoms with Gasteiger partial charge in [0.2, 0.25) is 11.8 Å². The van der Waals surface area contributed by atoms with Crippen molar-refractivity contribution in [1.82, 2.24) is 25.6 Å². The van der Waals surface area contributed by atoms with Crippen molar-refractivity contribution < 1.29 is 32.3 Å². The Morgan fingerprint density at radius 2 is 1.85 bits per heavy atom. The summed E-state index contributed by atoms with van der Waals surface area (Å²) < 4.78 is 29.2. The number of rotatable bonds is 9. The summed E-state index contributed by atoms with van der Waals surface area (Å²) in [6, 6.07) is 4.33. The number of ether oxygens (including phenoxy) is 1. The smallest absolute Gasteiger partial charge is 0.360 e. The SMILES string of the molecule is COC(=O)c1coc([C@H](C)NC(=O)c2nc(-c3csc([C@@H](NC(=O)c4cccc(F)c4)C(C)C)n3)oc2C)n1. The van der Waals surface area contributed by atoms with E-state index in [1.807, 2.05) is 13.8 Å². The second-order valence-corrected chi connectivity index (χ2v) is 9.85. The van der Waals surface area contributed by atoms with Gasteiger partial charge < -0.3 is 24.2 Å². The fourth-order valence-electron chi connectivity index (χ4n) is 3.62. The van der Waals surface area contributed by atoms with Crippen molar-refractivity contribution in [2.24, 2.45) is 5.92 Å². The molecule has 11 nitrogen and oxygen atoms in total. The molecule has 4 rings (SSSR count). The molecule has 4 aromatic rings. The summed E-state index contributed by atoms with van der Waals surface area (Å²) in [5.74, 6) is -1.61. The van der Waals surface area contributed by atoms with Crippen LogP contribution in [-0.4, -0.2) is 39.8 Å². The third-order valence-electron chi connectivity index (χ3n) is 5.69. The van der Waals surface area contributed by atoms with E-state index in [0.29, 0.717) is 10.7 Å². The summed E-state index contributed by atoms with van der Waals surface area (Å²) in [5, 5.41) is 7.94. The zero-order valence-corrected chi connectivity index (χ0v) is 22.6. The lowest BCUT2D eigenvalue weighted by atomic mass is 10.0. The number of hydrogen-bond donors (Lipinski definition) is 2. The first kappa shape index (κ1) is 27.6. The molecule has 0 fully saturated rings. The fourth-order valence-corrected chi connectivity index (χ4v) is 4.64. The molecule has 0 saturated carbocycles. The van der Waals surface area contributed by atoms with E-state index in [-0.39, 0.29) is 40.4 Å². The molecule has 3 heterocycles. The van der Waals surface area contributed by atoms with Gasteiger partial charge in [-0.2, -0.15) is 0 Å². The number of oxazole rings is 2. The highest BCUT2D eigenvalue weighted by atomic mass is 32.1. The molecular weight excluding hydrogens is 529 g/mol. The topological polar surface area (TPSA) is 149 Å². The summed E-state index contributed by atoms with van der Waals surface area (Å²) in [7, 11) is 1.23. The maximum atomic E-state index is 13.6. The number of methoxy groups -OCH3 is 1. The molecular formula is C26H26FN5O6S. The minimum absolute atomic E-state index is 0.0142. The molecule has 0 spiro atoms. The van der Waals surface area contributed by atoms with Gasteiger partial charge in [-0.1, -0.05) is 19.9 Å². The lowest BCUT2D eigenvalue weighted by Crippen LogP contribution is -2.31. The number of thiazole rings is 1. The van der Waals surface area contributed by atoms with Crippen molar-refractivity contribution in [2.75, 3.05) is 7.11 Å². The highest BCUT2D eigenvalue weighted by molar-refractivity contribution is 7.10. The van der Waals surface area contributed by atoms with E-state index >= 15 is 0 Å². The van der Waals surface area contributed by atoms with Gasteiger partial charge in [0.05, 0.1) is 13.2 Å². The lowest BCUT2D eigenvalue weighted by Gasteiger charge is -2.20.